The number of aromatic nitrogens is 2. The summed E-state index contributed by atoms with van der Waals surface area (Å²) >= 11 is 6.31. The van der Waals surface area contributed by atoms with Gasteiger partial charge >= 0.3 is 6.09 Å². The second-order valence-corrected chi connectivity index (χ2v) is 14.7. The average Bonchev–Trinajstić information content (AvgIpc) is 2.95. The number of amides is 1. The molecule has 2 heterocycles. The van der Waals surface area contributed by atoms with Crippen molar-refractivity contribution in [3.05, 3.63) is 46.6 Å². The number of halogens is 1. The normalized spacial score (nSPS) is 28.7. The fraction of sp³-hybridized carbons (Fsp3) is 0.636. The van der Waals surface area contributed by atoms with Crippen molar-refractivity contribution in [1.29, 1.82) is 5.26 Å². The predicted molar refractivity (Wildman–Crippen MR) is 168 cm³/mol. The van der Waals surface area contributed by atoms with E-state index in [0.717, 1.165) is 44.0 Å². The molecule has 230 valence electrons. The zero-order chi connectivity index (χ0) is 30.2. The van der Waals surface area contributed by atoms with Gasteiger partial charge in [-0.1, -0.05) is 29.8 Å². The van der Waals surface area contributed by atoms with Gasteiger partial charge in [0.1, 0.15) is 23.1 Å². The van der Waals surface area contributed by atoms with E-state index in [0.29, 0.717) is 46.8 Å². The number of alkyl carbamates (subject to hydrolysis) is 1. The first-order chi connectivity index (χ1) is 20.6. The summed E-state index contributed by atoms with van der Waals surface area (Å²) in [5.41, 5.74) is 1.20. The minimum absolute atomic E-state index is 0.185. The van der Waals surface area contributed by atoms with E-state index in [-0.39, 0.29) is 17.6 Å². The Morgan fingerprint density at radius 2 is 1.86 bits per heavy atom. The summed E-state index contributed by atoms with van der Waals surface area (Å²) < 4.78 is 5.48. The molecule has 4 saturated carbocycles. The Morgan fingerprint density at radius 1 is 1.14 bits per heavy atom. The highest BCUT2D eigenvalue weighted by Crippen LogP contribution is 2.61. The number of hydrogen-bond acceptors (Lipinski definition) is 8. The zero-order valence-electron chi connectivity index (χ0n) is 25.5. The fourth-order valence-corrected chi connectivity index (χ4v) is 8.77. The molecule has 5 aliphatic rings. The van der Waals surface area contributed by atoms with Crippen LogP contribution in [0.2, 0.25) is 5.02 Å². The van der Waals surface area contributed by atoms with Crippen molar-refractivity contribution in [2.45, 2.75) is 89.9 Å². The standard InChI is InChI=1S/C33H44ClN7O2/c1-32(2,3)43-31(42)39-26-8-10-41(11-9-26)28-23-12-21-13-24(28)16-33(14-21,15-23)20-38-29-25(17-35)19-37-30(40-29)36-18-22-6-4-5-7-27(22)34/h4-7,19,21,23-24,26,28H,8-16,18,20H2,1-3H3,(H,39,42)(H2,36,37,38,40)/t21?,23-,24+,28?,33-. The van der Waals surface area contributed by atoms with Crippen LogP contribution in [-0.2, 0) is 11.3 Å². The number of piperidine rings is 1. The van der Waals surface area contributed by atoms with Gasteiger partial charge in [-0.25, -0.2) is 9.78 Å². The number of anilines is 2. The third-order valence-corrected chi connectivity index (χ3v) is 10.3. The van der Waals surface area contributed by atoms with Crippen LogP contribution in [0.4, 0.5) is 16.6 Å². The van der Waals surface area contributed by atoms with Crippen molar-refractivity contribution < 1.29 is 9.53 Å². The molecular formula is C33H44ClN7O2. The summed E-state index contributed by atoms with van der Waals surface area (Å²) in [6, 6.07) is 10.8. The topological polar surface area (TPSA) is 115 Å². The van der Waals surface area contributed by atoms with Crippen LogP contribution in [0.25, 0.3) is 0 Å². The Morgan fingerprint density at radius 3 is 2.53 bits per heavy atom. The van der Waals surface area contributed by atoms with Gasteiger partial charge in [0.25, 0.3) is 0 Å². The van der Waals surface area contributed by atoms with E-state index in [9.17, 15) is 10.1 Å². The lowest BCUT2D eigenvalue weighted by Gasteiger charge is -2.62. The lowest BCUT2D eigenvalue weighted by molar-refractivity contribution is -0.111. The first-order valence-electron chi connectivity index (χ1n) is 15.8. The highest BCUT2D eigenvalue weighted by molar-refractivity contribution is 6.31. The summed E-state index contributed by atoms with van der Waals surface area (Å²) in [6.45, 7) is 9.11. The minimum Gasteiger partial charge on any atom is -0.444 e. The highest BCUT2D eigenvalue weighted by Gasteiger charge is 2.56. The number of benzene rings is 1. The molecular weight excluding hydrogens is 562 g/mol. The molecule has 2 aromatic rings. The van der Waals surface area contributed by atoms with Crippen molar-refractivity contribution in [3.63, 3.8) is 0 Å². The summed E-state index contributed by atoms with van der Waals surface area (Å²) in [6.07, 6.45) is 9.59. The average molecular weight is 606 g/mol. The zero-order valence-corrected chi connectivity index (χ0v) is 26.3. The van der Waals surface area contributed by atoms with Crippen LogP contribution in [-0.4, -0.2) is 58.3 Å². The van der Waals surface area contributed by atoms with Gasteiger partial charge in [0.2, 0.25) is 5.95 Å². The second-order valence-electron chi connectivity index (χ2n) is 14.3. The van der Waals surface area contributed by atoms with Crippen LogP contribution in [0, 0.1) is 34.5 Å². The molecule has 7 rings (SSSR count). The van der Waals surface area contributed by atoms with Gasteiger partial charge in [0, 0.05) is 43.3 Å². The summed E-state index contributed by atoms with van der Waals surface area (Å²) in [5, 5.41) is 20.4. The molecule has 4 bridgehead atoms. The first kappa shape index (κ1) is 30.0. The monoisotopic (exact) mass is 605 g/mol. The number of hydrogen-bond donors (Lipinski definition) is 3. The van der Waals surface area contributed by atoms with Gasteiger partial charge in [-0.15, -0.1) is 0 Å². The molecule has 3 N–H and O–H groups in total. The Kier molecular flexibility index (Phi) is 8.45. The smallest absolute Gasteiger partial charge is 0.407 e. The van der Waals surface area contributed by atoms with Crippen LogP contribution >= 0.6 is 11.6 Å². The number of ether oxygens (including phenoxy) is 1. The molecule has 1 saturated heterocycles. The molecule has 4 aliphatic carbocycles. The summed E-state index contributed by atoms with van der Waals surface area (Å²) in [4.78, 5) is 24.1. The van der Waals surface area contributed by atoms with E-state index in [1.807, 2.05) is 45.0 Å². The molecule has 43 heavy (non-hydrogen) atoms. The molecule has 0 radical (unpaired) electrons. The maximum Gasteiger partial charge on any atom is 0.407 e. The van der Waals surface area contributed by atoms with Crippen molar-refractivity contribution in [1.82, 2.24) is 20.2 Å². The maximum absolute atomic E-state index is 12.3. The van der Waals surface area contributed by atoms with E-state index in [4.69, 9.17) is 21.3 Å². The van der Waals surface area contributed by atoms with Gasteiger partial charge in [-0.05, 0) is 101 Å². The lowest BCUT2D eigenvalue weighted by Crippen LogP contribution is -2.62. The third-order valence-electron chi connectivity index (χ3n) is 9.96. The third kappa shape index (κ3) is 6.86. The molecule has 5 fully saturated rings. The largest absolute Gasteiger partial charge is 0.444 e. The second kappa shape index (κ2) is 12.1. The molecule has 1 aromatic heterocycles. The molecule has 1 aliphatic heterocycles. The molecule has 5 atom stereocenters. The minimum atomic E-state index is -0.476. The summed E-state index contributed by atoms with van der Waals surface area (Å²) in [5.74, 6) is 3.28. The Hall–Kier alpha value is -3.09. The van der Waals surface area contributed by atoms with E-state index in [1.54, 1.807) is 6.20 Å². The molecule has 2 unspecified atom stereocenters. The number of likely N-dealkylation sites (tertiary alicyclic amines) is 1. The fourth-order valence-electron chi connectivity index (χ4n) is 8.57. The number of carbonyl (C=O) groups is 1. The van der Waals surface area contributed by atoms with Crippen LogP contribution in [0.15, 0.2) is 30.5 Å². The summed E-state index contributed by atoms with van der Waals surface area (Å²) in [7, 11) is 0. The van der Waals surface area contributed by atoms with Crippen molar-refractivity contribution >= 4 is 29.5 Å². The molecule has 1 aromatic carbocycles. The SMILES string of the molecule is CC(C)(C)OC(=O)NC1CCN(C2[C@@H]3CC4C[C@H]2C[C@@](CNc2nc(NCc5ccccc5Cl)ncc2C#N)(C4)C3)CC1. The number of nitrogens with zero attached hydrogens (tertiary/aromatic N) is 4. The van der Waals surface area contributed by atoms with Crippen molar-refractivity contribution in [2.24, 2.45) is 23.2 Å². The number of carbonyl (C=O) groups excluding carboxylic acids is 1. The lowest BCUT2D eigenvalue weighted by atomic mass is 9.47. The van der Waals surface area contributed by atoms with Gasteiger partial charge in [-0.2, -0.15) is 10.2 Å². The van der Waals surface area contributed by atoms with Gasteiger partial charge in [-0.3, -0.25) is 4.90 Å². The Bertz CT molecular complexity index is 1350. The van der Waals surface area contributed by atoms with Gasteiger partial charge < -0.3 is 20.7 Å². The van der Waals surface area contributed by atoms with Gasteiger partial charge in [0.15, 0.2) is 0 Å². The number of nitrogens with one attached hydrogen (secondary N) is 3. The molecule has 9 nitrogen and oxygen atoms in total. The van der Waals surface area contributed by atoms with Crippen LogP contribution in [0.3, 0.4) is 0 Å². The van der Waals surface area contributed by atoms with Gasteiger partial charge in [0.05, 0.1) is 6.20 Å². The Balaban J connectivity index is 1.06. The molecule has 10 heteroatoms. The highest BCUT2D eigenvalue weighted by atomic mass is 35.5. The first-order valence-corrected chi connectivity index (χ1v) is 16.2. The van der Waals surface area contributed by atoms with Crippen LogP contribution < -0.4 is 16.0 Å². The number of rotatable bonds is 8. The van der Waals surface area contributed by atoms with Crippen molar-refractivity contribution in [3.8, 4) is 6.07 Å². The van der Waals surface area contributed by atoms with Crippen molar-refractivity contribution in [2.75, 3.05) is 30.3 Å². The van der Waals surface area contributed by atoms with Crippen LogP contribution in [0.1, 0.15) is 76.8 Å². The van der Waals surface area contributed by atoms with Crippen LogP contribution in [0.5, 0.6) is 0 Å². The molecule has 1 amide bonds. The van der Waals surface area contributed by atoms with E-state index < -0.39 is 5.60 Å². The quantitative estimate of drug-likeness (QED) is 0.325. The maximum atomic E-state index is 12.3. The van der Waals surface area contributed by atoms with E-state index in [2.05, 4.69) is 31.9 Å². The number of nitriles is 1. The van der Waals surface area contributed by atoms with E-state index in [1.165, 1.54) is 32.1 Å². The Labute approximate surface area is 260 Å². The molecule has 0 spiro atoms. The van der Waals surface area contributed by atoms with E-state index >= 15 is 0 Å². The predicted octanol–water partition coefficient (Wildman–Crippen LogP) is 6.21.